The highest BCUT2D eigenvalue weighted by Gasteiger charge is 2.17. The van der Waals surface area contributed by atoms with Crippen molar-refractivity contribution in [3.8, 4) is 16.3 Å². The average Bonchev–Trinajstić information content (AvgIpc) is 3.25. The molecule has 2 aromatic heterocycles. The van der Waals surface area contributed by atoms with Crippen LogP contribution >= 0.6 is 34.5 Å². The molecule has 0 atom stereocenters. The van der Waals surface area contributed by atoms with E-state index in [4.69, 9.17) is 23.2 Å². The van der Waals surface area contributed by atoms with Crippen molar-refractivity contribution in [2.24, 2.45) is 0 Å². The van der Waals surface area contributed by atoms with Crippen LogP contribution in [0.5, 0.6) is 5.75 Å². The van der Waals surface area contributed by atoms with E-state index < -0.39 is 11.8 Å². The number of aromatic nitrogens is 3. The van der Waals surface area contributed by atoms with Crippen molar-refractivity contribution in [1.29, 1.82) is 0 Å². The van der Waals surface area contributed by atoms with Gasteiger partial charge in [0.05, 0.1) is 16.1 Å². The van der Waals surface area contributed by atoms with Crippen molar-refractivity contribution >= 4 is 57.2 Å². The molecule has 160 valence electrons. The van der Waals surface area contributed by atoms with Gasteiger partial charge in [-0.2, -0.15) is 0 Å². The van der Waals surface area contributed by atoms with Crippen molar-refractivity contribution in [3.63, 3.8) is 0 Å². The quantitative estimate of drug-likeness (QED) is 0.361. The van der Waals surface area contributed by atoms with Gasteiger partial charge < -0.3 is 10.4 Å². The van der Waals surface area contributed by atoms with Crippen molar-refractivity contribution < 1.29 is 14.7 Å². The normalized spacial score (nSPS) is 10.6. The molecule has 2 heterocycles. The third kappa shape index (κ3) is 4.86. The van der Waals surface area contributed by atoms with E-state index in [1.807, 2.05) is 6.07 Å². The lowest BCUT2D eigenvalue weighted by molar-refractivity contribution is 0.101. The first-order chi connectivity index (χ1) is 15.4. The van der Waals surface area contributed by atoms with E-state index in [0.29, 0.717) is 21.3 Å². The Labute approximate surface area is 195 Å². The minimum atomic E-state index is -0.483. The van der Waals surface area contributed by atoms with Gasteiger partial charge in [-0.15, -0.1) is 10.2 Å². The number of pyridine rings is 1. The summed E-state index contributed by atoms with van der Waals surface area (Å²) in [5.74, 6) is -1.06. The number of anilines is 2. The van der Waals surface area contributed by atoms with Crippen LogP contribution in [0.4, 0.5) is 10.8 Å². The van der Waals surface area contributed by atoms with Crippen molar-refractivity contribution in [2.75, 3.05) is 10.6 Å². The monoisotopic (exact) mass is 485 g/mol. The zero-order chi connectivity index (χ0) is 22.7. The first-order valence-electron chi connectivity index (χ1n) is 9.06. The summed E-state index contributed by atoms with van der Waals surface area (Å²) in [5, 5.41) is 24.3. The lowest BCUT2D eigenvalue weighted by Crippen LogP contribution is -2.16. The second-order valence-corrected chi connectivity index (χ2v) is 8.22. The number of carbonyl (C=O) groups excluding carboxylic acids is 2. The molecule has 32 heavy (non-hydrogen) atoms. The molecule has 0 aliphatic rings. The van der Waals surface area contributed by atoms with Gasteiger partial charge in [-0.25, -0.2) is 0 Å². The Bertz CT molecular complexity index is 1300. The van der Waals surface area contributed by atoms with Gasteiger partial charge in [0, 0.05) is 16.9 Å². The maximum absolute atomic E-state index is 12.5. The van der Waals surface area contributed by atoms with Crippen LogP contribution in [0.1, 0.15) is 20.8 Å². The molecular formula is C21H13Cl2N5O3S. The Morgan fingerprint density at radius 1 is 0.938 bits per heavy atom. The highest BCUT2D eigenvalue weighted by Crippen LogP contribution is 2.39. The maximum atomic E-state index is 12.5. The summed E-state index contributed by atoms with van der Waals surface area (Å²) in [6, 6.07) is 14.8. The molecule has 11 heteroatoms. The summed E-state index contributed by atoms with van der Waals surface area (Å²) in [7, 11) is 0. The second kappa shape index (κ2) is 9.31. The van der Waals surface area contributed by atoms with Crippen LogP contribution in [0.25, 0.3) is 10.6 Å². The molecule has 0 spiro atoms. The van der Waals surface area contributed by atoms with Crippen LogP contribution in [0, 0.1) is 0 Å². The summed E-state index contributed by atoms with van der Waals surface area (Å²) in [6.45, 7) is 0. The SMILES string of the molecule is O=C(Nc1nnc(-c2cc(Cl)cc(Cl)c2O)s1)c1ccc(C(=O)Nc2ccccc2)nc1. The fourth-order valence-electron chi connectivity index (χ4n) is 2.66. The van der Waals surface area contributed by atoms with E-state index in [2.05, 4.69) is 25.8 Å². The van der Waals surface area contributed by atoms with Gasteiger partial charge in [0.15, 0.2) is 5.01 Å². The smallest absolute Gasteiger partial charge is 0.274 e. The van der Waals surface area contributed by atoms with Crippen LogP contribution in [0.3, 0.4) is 0 Å². The van der Waals surface area contributed by atoms with Crippen molar-refractivity contribution in [1.82, 2.24) is 15.2 Å². The first-order valence-corrected chi connectivity index (χ1v) is 10.6. The summed E-state index contributed by atoms with van der Waals surface area (Å²) >= 11 is 13.0. The summed E-state index contributed by atoms with van der Waals surface area (Å²) in [6.07, 6.45) is 1.29. The van der Waals surface area contributed by atoms with Crippen molar-refractivity contribution in [3.05, 3.63) is 82.1 Å². The average molecular weight is 486 g/mol. The third-order valence-corrected chi connectivity index (χ3v) is 5.57. The number of nitrogens with zero attached hydrogens (tertiary/aromatic N) is 3. The van der Waals surface area contributed by atoms with Crippen LogP contribution in [0.2, 0.25) is 10.0 Å². The number of aromatic hydroxyl groups is 1. The molecule has 0 saturated carbocycles. The van der Waals surface area contributed by atoms with Crippen LogP contribution < -0.4 is 10.6 Å². The van der Waals surface area contributed by atoms with Gasteiger partial charge >= 0.3 is 0 Å². The fraction of sp³-hybridized carbons (Fsp3) is 0. The van der Waals surface area contributed by atoms with Crippen LogP contribution in [-0.4, -0.2) is 32.1 Å². The third-order valence-electron chi connectivity index (χ3n) is 4.19. The predicted molar refractivity (Wildman–Crippen MR) is 124 cm³/mol. The van der Waals surface area contributed by atoms with E-state index in [1.165, 1.54) is 30.5 Å². The minimum absolute atomic E-state index is 0.0794. The number of hydrogen-bond donors (Lipinski definition) is 3. The zero-order valence-corrected chi connectivity index (χ0v) is 18.4. The Morgan fingerprint density at radius 3 is 2.44 bits per heavy atom. The van der Waals surface area contributed by atoms with Crippen molar-refractivity contribution in [2.45, 2.75) is 0 Å². The second-order valence-electron chi connectivity index (χ2n) is 6.40. The molecule has 2 aromatic carbocycles. The van der Waals surface area contributed by atoms with E-state index in [9.17, 15) is 14.7 Å². The number of halogens is 2. The Morgan fingerprint density at radius 2 is 1.72 bits per heavy atom. The maximum Gasteiger partial charge on any atom is 0.274 e. The summed E-state index contributed by atoms with van der Waals surface area (Å²) in [4.78, 5) is 28.8. The largest absolute Gasteiger partial charge is 0.506 e. The molecule has 2 amide bonds. The number of para-hydroxylation sites is 1. The van der Waals surface area contributed by atoms with Crippen LogP contribution in [0.15, 0.2) is 60.8 Å². The number of carbonyl (C=O) groups is 2. The minimum Gasteiger partial charge on any atom is -0.506 e. The molecule has 0 saturated heterocycles. The van der Waals surface area contributed by atoms with Crippen LogP contribution in [-0.2, 0) is 0 Å². The summed E-state index contributed by atoms with van der Waals surface area (Å²) < 4.78 is 0. The van der Waals surface area contributed by atoms with E-state index >= 15 is 0 Å². The standard InChI is InChI=1S/C21H13Cl2N5O3S/c22-12-8-14(17(29)15(23)9-12)20-27-28-21(32-20)26-18(30)11-6-7-16(24-10-11)19(31)25-13-4-2-1-3-5-13/h1-10,29H,(H,25,31)(H,26,28,30). The number of nitrogens with one attached hydrogen (secondary N) is 2. The number of amides is 2. The van der Waals surface area contributed by atoms with E-state index in [1.54, 1.807) is 24.3 Å². The molecule has 8 nitrogen and oxygen atoms in total. The number of hydrogen-bond acceptors (Lipinski definition) is 7. The van der Waals surface area contributed by atoms with E-state index in [0.717, 1.165) is 11.3 Å². The molecule has 4 rings (SSSR count). The molecule has 3 N–H and O–H groups in total. The molecule has 0 aliphatic heterocycles. The highest BCUT2D eigenvalue weighted by molar-refractivity contribution is 7.18. The van der Waals surface area contributed by atoms with Gasteiger partial charge in [0.2, 0.25) is 5.13 Å². The lowest BCUT2D eigenvalue weighted by atomic mass is 10.2. The molecular weight excluding hydrogens is 473 g/mol. The fourth-order valence-corrected chi connectivity index (χ4v) is 3.91. The Kier molecular flexibility index (Phi) is 6.31. The van der Waals surface area contributed by atoms with Gasteiger partial charge in [-0.05, 0) is 36.4 Å². The molecule has 4 aromatic rings. The predicted octanol–water partition coefficient (Wildman–Crippen LogP) is 5.12. The van der Waals surface area contributed by atoms with Gasteiger partial charge in [0.1, 0.15) is 11.4 Å². The van der Waals surface area contributed by atoms with Gasteiger partial charge in [-0.1, -0.05) is 52.7 Å². The Hall–Kier alpha value is -3.53. The number of rotatable bonds is 5. The van der Waals surface area contributed by atoms with Gasteiger partial charge in [0.25, 0.3) is 11.8 Å². The number of phenols is 1. The lowest BCUT2D eigenvalue weighted by Gasteiger charge is -2.05. The molecule has 0 aliphatic carbocycles. The van der Waals surface area contributed by atoms with Gasteiger partial charge in [-0.3, -0.25) is 19.9 Å². The topological polar surface area (TPSA) is 117 Å². The van der Waals surface area contributed by atoms with E-state index in [-0.39, 0.29) is 27.2 Å². The first kappa shape index (κ1) is 21.7. The Balaban J connectivity index is 1.44. The zero-order valence-electron chi connectivity index (χ0n) is 16.0. The molecule has 0 bridgehead atoms. The highest BCUT2D eigenvalue weighted by atomic mass is 35.5. The molecule has 0 unspecified atom stereocenters. The summed E-state index contributed by atoms with van der Waals surface area (Å²) in [5.41, 5.74) is 1.33. The number of phenolic OH excluding ortho intramolecular Hbond substituents is 1. The molecule has 0 radical (unpaired) electrons. The molecule has 0 fully saturated rings. The number of benzene rings is 2.